The van der Waals surface area contributed by atoms with E-state index in [1.165, 1.54) is 11.1 Å². The molecule has 0 atom stereocenters. The molecular weight excluding hydrogens is 212 g/mol. The van der Waals surface area contributed by atoms with E-state index in [-0.39, 0.29) is 0 Å². The van der Waals surface area contributed by atoms with Gasteiger partial charge in [-0.05, 0) is 57.6 Å². The maximum Gasteiger partial charge on any atom is 0.122 e. The van der Waals surface area contributed by atoms with Gasteiger partial charge in [0.05, 0.1) is 6.61 Å². The van der Waals surface area contributed by atoms with E-state index in [1.807, 2.05) is 6.92 Å². The molecule has 0 unspecified atom stereocenters. The quantitative estimate of drug-likeness (QED) is 0.787. The molecule has 0 aliphatic rings. The average molecular weight is 236 g/mol. The first kappa shape index (κ1) is 14.0. The van der Waals surface area contributed by atoms with Crippen LogP contribution in [0.25, 0.3) is 0 Å². The number of nitrogens with two attached hydrogens (primary N) is 1. The van der Waals surface area contributed by atoms with Gasteiger partial charge in [-0.1, -0.05) is 12.1 Å². The van der Waals surface area contributed by atoms with Crippen LogP contribution in [-0.4, -0.2) is 32.1 Å². The second-order valence-electron chi connectivity index (χ2n) is 4.51. The van der Waals surface area contributed by atoms with E-state index >= 15 is 0 Å². The van der Waals surface area contributed by atoms with Crippen molar-refractivity contribution in [3.8, 4) is 5.75 Å². The predicted molar refractivity (Wildman–Crippen MR) is 72.4 cm³/mol. The first-order valence-corrected chi connectivity index (χ1v) is 6.26. The van der Waals surface area contributed by atoms with E-state index in [4.69, 9.17) is 10.5 Å². The van der Waals surface area contributed by atoms with Crippen molar-refractivity contribution in [3.05, 3.63) is 29.3 Å². The molecule has 17 heavy (non-hydrogen) atoms. The van der Waals surface area contributed by atoms with E-state index < -0.39 is 0 Å². The summed E-state index contributed by atoms with van der Waals surface area (Å²) in [6.45, 7) is 4.41. The number of hydrogen-bond donors (Lipinski definition) is 1. The number of nitrogens with zero attached hydrogens (tertiary/aromatic N) is 1. The molecule has 0 aromatic heterocycles. The van der Waals surface area contributed by atoms with Gasteiger partial charge in [-0.25, -0.2) is 0 Å². The maximum absolute atomic E-state index is 5.64. The molecular formula is C14H24N2O. The summed E-state index contributed by atoms with van der Waals surface area (Å²) in [4.78, 5) is 2.17. The first-order valence-electron chi connectivity index (χ1n) is 6.26. The Morgan fingerprint density at radius 3 is 2.65 bits per heavy atom. The molecule has 0 bridgehead atoms. The van der Waals surface area contributed by atoms with E-state index in [9.17, 15) is 0 Å². The second kappa shape index (κ2) is 7.30. The zero-order valence-electron chi connectivity index (χ0n) is 11.2. The highest BCUT2D eigenvalue weighted by atomic mass is 16.5. The Balaban J connectivity index is 2.84. The SMILES string of the molecule is CCOc1ccc(CN(C)C)cc1CCCN. The van der Waals surface area contributed by atoms with Crippen molar-refractivity contribution >= 4 is 0 Å². The molecule has 0 spiro atoms. The predicted octanol–water partition coefficient (Wildman–Crippen LogP) is 2.04. The maximum atomic E-state index is 5.64. The lowest BCUT2D eigenvalue weighted by molar-refractivity contribution is 0.335. The number of ether oxygens (including phenoxy) is 1. The third kappa shape index (κ3) is 4.75. The number of rotatable bonds is 7. The number of hydrogen-bond acceptors (Lipinski definition) is 3. The van der Waals surface area contributed by atoms with Gasteiger partial charge in [0.25, 0.3) is 0 Å². The van der Waals surface area contributed by atoms with E-state index in [2.05, 4.69) is 37.2 Å². The molecule has 0 aliphatic heterocycles. The minimum Gasteiger partial charge on any atom is -0.494 e. The minimum atomic E-state index is 0.711. The van der Waals surface area contributed by atoms with Gasteiger partial charge in [-0.3, -0.25) is 0 Å². The van der Waals surface area contributed by atoms with Crippen LogP contribution in [0.1, 0.15) is 24.5 Å². The summed E-state index contributed by atoms with van der Waals surface area (Å²) in [5.74, 6) is 1.00. The lowest BCUT2D eigenvalue weighted by Crippen LogP contribution is -2.11. The van der Waals surface area contributed by atoms with Gasteiger partial charge in [0, 0.05) is 6.54 Å². The third-order valence-electron chi connectivity index (χ3n) is 2.57. The van der Waals surface area contributed by atoms with Crippen LogP contribution in [0.15, 0.2) is 18.2 Å². The highest BCUT2D eigenvalue weighted by Gasteiger charge is 2.05. The Labute approximate surface area is 105 Å². The second-order valence-corrected chi connectivity index (χ2v) is 4.51. The normalized spacial score (nSPS) is 10.9. The van der Waals surface area contributed by atoms with Crippen molar-refractivity contribution in [3.63, 3.8) is 0 Å². The van der Waals surface area contributed by atoms with Crippen molar-refractivity contribution in [2.75, 3.05) is 27.2 Å². The van der Waals surface area contributed by atoms with Crippen LogP contribution in [0.5, 0.6) is 5.75 Å². The van der Waals surface area contributed by atoms with Gasteiger partial charge < -0.3 is 15.4 Å². The summed E-state index contributed by atoms with van der Waals surface area (Å²) in [6.07, 6.45) is 2.00. The monoisotopic (exact) mass is 236 g/mol. The fraction of sp³-hybridized carbons (Fsp3) is 0.571. The summed E-state index contributed by atoms with van der Waals surface area (Å²) >= 11 is 0. The van der Waals surface area contributed by atoms with Crippen LogP contribution >= 0.6 is 0 Å². The summed E-state index contributed by atoms with van der Waals surface area (Å²) in [5.41, 5.74) is 8.17. The standard InChI is InChI=1S/C14H24N2O/c1-4-17-14-8-7-12(11-16(2)3)10-13(14)6-5-9-15/h7-8,10H,4-6,9,11,15H2,1-3H3. The molecule has 0 radical (unpaired) electrons. The Morgan fingerprint density at radius 2 is 2.06 bits per heavy atom. The largest absolute Gasteiger partial charge is 0.494 e. The van der Waals surface area contributed by atoms with E-state index in [0.29, 0.717) is 6.61 Å². The highest BCUT2D eigenvalue weighted by Crippen LogP contribution is 2.22. The fourth-order valence-corrected chi connectivity index (χ4v) is 1.88. The average Bonchev–Trinajstić information content (AvgIpc) is 2.28. The molecule has 0 saturated heterocycles. The summed E-state index contributed by atoms with van der Waals surface area (Å²) < 4.78 is 5.64. The van der Waals surface area contributed by atoms with Crippen LogP contribution < -0.4 is 10.5 Å². The van der Waals surface area contributed by atoms with Crippen molar-refractivity contribution in [2.24, 2.45) is 5.73 Å². The number of aryl methyl sites for hydroxylation is 1. The lowest BCUT2D eigenvalue weighted by Gasteiger charge is -2.14. The summed E-state index contributed by atoms with van der Waals surface area (Å²) in [7, 11) is 4.16. The van der Waals surface area contributed by atoms with Crippen molar-refractivity contribution < 1.29 is 4.74 Å². The molecule has 2 N–H and O–H groups in total. The molecule has 0 fully saturated rings. The van der Waals surface area contributed by atoms with Crippen LogP contribution in [-0.2, 0) is 13.0 Å². The Morgan fingerprint density at radius 1 is 1.29 bits per heavy atom. The van der Waals surface area contributed by atoms with Crippen molar-refractivity contribution in [2.45, 2.75) is 26.3 Å². The Kier molecular flexibility index (Phi) is 6.01. The van der Waals surface area contributed by atoms with E-state index in [0.717, 1.165) is 31.7 Å². The third-order valence-corrected chi connectivity index (χ3v) is 2.57. The van der Waals surface area contributed by atoms with Crippen LogP contribution in [0.4, 0.5) is 0 Å². The fourth-order valence-electron chi connectivity index (χ4n) is 1.88. The first-order chi connectivity index (χ1) is 8.17. The van der Waals surface area contributed by atoms with Gasteiger partial charge in [0.2, 0.25) is 0 Å². The van der Waals surface area contributed by atoms with Gasteiger partial charge in [-0.2, -0.15) is 0 Å². The van der Waals surface area contributed by atoms with Crippen LogP contribution in [0.2, 0.25) is 0 Å². The molecule has 3 nitrogen and oxygen atoms in total. The topological polar surface area (TPSA) is 38.5 Å². The van der Waals surface area contributed by atoms with Crippen LogP contribution in [0, 0.1) is 0 Å². The van der Waals surface area contributed by atoms with Gasteiger partial charge in [0.15, 0.2) is 0 Å². The zero-order valence-corrected chi connectivity index (χ0v) is 11.2. The molecule has 0 aliphatic carbocycles. The van der Waals surface area contributed by atoms with Gasteiger partial charge >= 0.3 is 0 Å². The van der Waals surface area contributed by atoms with Crippen molar-refractivity contribution in [1.82, 2.24) is 4.90 Å². The molecule has 1 aromatic rings. The molecule has 0 heterocycles. The van der Waals surface area contributed by atoms with Crippen molar-refractivity contribution in [1.29, 1.82) is 0 Å². The summed E-state index contributed by atoms with van der Waals surface area (Å²) in [5, 5.41) is 0. The lowest BCUT2D eigenvalue weighted by atomic mass is 10.0. The Bertz CT molecular complexity index is 337. The molecule has 1 aromatic carbocycles. The molecule has 0 saturated carbocycles. The van der Waals surface area contributed by atoms with Gasteiger partial charge in [-0.15, -0.1) is 0 Å². The zero-order chi connectivity index (χ0) is 12.7. The number of benzene rings is 1. The minimum absolute atomic E-state index is 0.711. The Hall–Kier alpha value is -1.06. The highest BCUT2D eigenvalue weighted by molar-refractivity contribution is 5.37. The molecule has 0 amide bonds. The van der Waals surface area contributed by atoms with Gasteiger partial charge in [0.1, 0.15) is 5.75 Å². The molecule has 96 valence electrons. The molecule has 3 heteroatoms. The molecule has 1 rings (SSSR count). The van der Waals surface area contributed by atoms with Crippen LogP contribution in [0.3, 0.4) is 0 Å². The smallest absolute Gasteiger partial charge is 0.122 e. The summed E-state index contributed by atoms with van der Waals surface area (Å²) in [6, 6.07) is 6.45. The van der Waals surface area contributed by atoms with E-state index in [1.54, 1.807) is 0 Å².